The van der Waals surface area contributed by atoms with Crippen LogP contribution in [0.3, 0.4) is 0 Å². The van der Waals surface area contributed by atoms with Crippen molar-refractivity contribution >= 4 is 27.7 Å². The van der Waals surface area contributed by atoms with Crippen LogP contribution >= 0.6 is 15.9 Å². The lowest BCUT2D eigenvalue weighted by Gasteiger charge is -2.12. The fourth-order valence-corrected chi connectivity index (χ4v) is 2.12. The van der Waals surface area contributed by atoms with Crippen molar-refractivity contribution < 1.29 is 19.1 Å². The maximum Gasteiger partial charge on any atom is 0.338 e. The number of ketones is 1. The van der Waals surface area contributed by atoms with Crippen molar-refractivity contribution in [2.75, 3.05) is 7.11 Å². The maximum absolute atomic E-state index is 12.2. The number of hydrogen-bond acceptors (Lipinski definition) is 4. The Hall–Kier alpha value is -2.14. The summed E-state index contributed by atoms with van der Waals surface area (Å²) in [4.78, 5) is 24.2. The standard InChI is InChI=1S/C17H15BrO4/c1-11(16(19)12-3-7-14(18)8-4-12)22-17(20)13-5-9-15(21-2)10-6-13/h3-11H,1-2H3/t11-/m1/s1. The maximum atomic E-state index is 12.2. The highest BCUT2D eigenvalue weighted by atomic mass is 79.9. The Bertz CT molecular complexity index is 662. The summed E-state index contributed by atoms with van der Waals surface area (Å²) >= 11 is 3.31. The number of benzene rings is 2. The Labute approximate surface area is 137 Å². The van der Waals surface area contributed by atoms with Gasteiger partial charge in [0.05, 0.1) is 12.7 Å². The third-order valence-electron chi connectivity index (χ3n) is 3.11. The molecule has 0 spiro atoms. The minimum atomic E-state index is -0.851. The van der Waals surface area contributed by atoms with Gasteiger partial charge in [-0.3, -0.25) is 4.79 Å². The lowest BCUT2D eigenvalue weighted by atomic mass is 10.1. The van der Waals surface area contributed by atoms with Crippen LogP contribution < -0.4 is 4.74 Å². The van der Waals surface area contributed by atoms with E-state index in [1.165, 1.54) is 0 Å². The Kier molecular flexibility index (Phi) is 5.33. The second-order valence-electron chi connectivity index (χ2n) is 4.65. The summed E-state index contributed by atoms with van der Waals surface area (Å²) in [6.07, 6.45) is -0.851. The molecular formula is C17H15BrO4. The second kappa shape index (κ2) is 7.22. The molecule has 0 saturated carbocycles. The van der Waals surface area contributed by atoms with Gasteiger partial charge in [-0.15, -0.1) is 0 Å². The van der Waals surface area contributed by atoms with Crippen molar-refractivity contribution in [3.63, 3.8) is 0 Å². The molecule has 2 aromatic rings. The molecule has 0 fully saturated rings. The topological polar surface area (TPSA) is 52.6 Å². The van der Waals surface area contributed by atoms with Crippen LogP contribution in [0.2, 0.25) is 0 Å². The fourth-order valence-electron chi connectivity index (χ4n) is 1.86. The SMILES string of the molecule is COc1ccc(C(=O)O[C@H](C)C(=O)c2ccc(Br)cc2)cc1. The second-order valence-corrected chi connectivity index (χ2v) is 5.56. The molecule has 0 N–H and O–H groups in total. The first-order valence-corrected chi connectivity index (χ1v) is 7.45. The first-order valence-electron chi connectivity index (χ1n) is 6.66. The smallest absolute Gasteiger partial charge is 0.338 e. The van der Waals surface area contributed by atoms with Crippen LogP contribution in [-0.4, -0.2) is 25.0 Å². The average Bonchev–Trinajstić information content (AvgIpc) is 2.54. The molecule has 0 bridgehead atoms. The van der Waals surface area contributed by atoms with E-state index in [4.69, 9.17) is 9.47 Å². The van der Waals surface area contributed by atoms with Gasteiger partial charge in [-0.05, 0) is 43.3 Å². The van der Waals surface area contributed by atoms with Crippen molar-refractivity contribution in [1.29, 1.82) is 0 Å². The lowest BCUT2D eigenvalue weighted by molar-refractivity contribution is 0.0319. The van der Waals surface area contributed by atoms with Gasteiger partial charge in [-0.2, -0.15) is 0 Å². The number of hydrogen-bond donors (Lipinski definition) is 0. The van der Waals surface area contributed by atoms with E-state index in [1.807, 2.05) is 0 Å². The zero-order valence-corrected chi connectivity index (χ0v) is 13.8. The first kappa shape index (κ1) is 16.2. The summed E-state index contributed by atoms with van der Waals surface area (Å²) in [6, 6.07) is 13.4. The normalized spacial score (nSPS) is 11.6. The van der Waals surface area contributed by atoms with Crippen LogP contribution in [0, 0.1) is 0 Å². The molecule has 0 heterocycles. The minimum Gasteiger partial charge on any atom is -0.497 e. The van der Waals surface area contributed by atoms with Crippen LogP contribution in [0.15, 0.2) is 53.0 Å². The molecule has 0 saturated heterocycles. The van der Waals surface area contributed by atoms with Gasteiger partial charge in [0.25, 0.3) is 0 Å². The Morgan fingerprint density at radius 2 is 1.50 bits per heavy atom. The van der Waals surface area contributed by atoms with Crippen molar-refractivity contribution in [3.05, 3.63) is 64.1 Å². The van der Waals surface area contributed by atoms with Gasteiger partial charge in [0, 0.05) is 10.0 Å². The molecule has 2 aromatic carbocycles. The van der Waals surface area contributed by atoms with E-state index in [0.29, 0.717) is 16.9 Å². The van der Waals surface area contributed by atoms with Gasteiger partial charge in [0.15, 0.2) is 6.10 Å². The average molecular weight is 363 g/mol. The van der Waals surface area contributed by atoms with E-state index >= 15 is 0 Å². The van der Waals surface area contributed by atoms with Crippen molar-refractivity contribution in [1.82, 2.24) is 0 Å². The summed E-state index contributed by atoms with van der Waals surface area (Å²) in [6.45, 7) is 1.56. The first-order chi connectivity index (χ1) is 10.5. The Morgan fingerprint density at radius 1 is 0.955 bits per heavy atom. The summed E-state index contributed by atoms with van der Waals surface area (Å²) < 4.78 is 11.1. The quantitative estimate of drug-likeness (QED) is 0.598. The molecule has 0 radical (unpaired) electrons. The monoisotopic (exact) mass is 362 g/mol. The van der Waals surface area contributed by atoms with E-state index < -0.39 is 12.1 Å². The summed E-state index contributed by atoms with van der Waals surface area (Å²) in [5.41, 5.74) is 0.870. The highest BCUT2D eigenvalue weighted by molar-refractivity contribution is 9.10. The molecule has 4 nitrogen and oxygen atoms in total. The van der Waals surface area contributed by atoms with E-state index in [2.05, 4.69) is 15.9 Å². The molecule has 5 heteroatoms. The number of Topliss-reactive ketones (excluding diaryl/α,β-unsaturated/α-hetero) is 1. The van der Waals surface area contributed by atoms with Crippen LogP contribution in [0.5, 0.6) is 5.75 Å². The number of methoxy groups -OCH3 is 1. The number of carbonyl (C=O) groups excluding carboxylic acids is 2. The zero-order chi connectivity index (χ0) is 16.1. The molecule has 22 heavy (non-hydrogen) atoms. The molecular weight excluding hydrogens is 348 g/mol. The number of halogens is 1. The zero-order valence-electron chi connectivity index (χ0n) is 12.2. The van der Waals surface area contributed by atoms with Gasteiger partial charge < -0.3 is 9.47 Å². The van der Waals surface area contributed by atoms with E-state index in [9.17, 15) is 9.59 Å². The van der Waals surface area contributed by atoms with Crippen molar-refractivity contribution in [3.8, 4) is 5.75 Å². The lowest BCUT2D eigenvalue weighted by Crippen LogP contribution is -2.24. The molecule has 0 amide bonds. The Morgan fingerprint density at radius 3 is 2.05 bits per heavy atom. The van der Waals surface area contributed by atoms with Gasteiger partial charge in [0.1, 0.15) is 5.75 Å². The van der Waals surface area contributed by atoms with Crippen LogP contribution in [-0.2, 0) is 4.74 Å². The van der Waals surface area contributed by atoms with Crippen LogP contribution in [0.4, 0.5) is 0 Å². The fraction of sp³-hybridized carbons (Fsp3) is 0.176. The summed E-state index contributed by atoms with van der Waals surface area (Å²) in [5, 5.41) is 0. The number of esters is 1. The summed E-state index contributed by atoms with van der Waals surface area (Å²) in [7, 11) is 1.55. The molecule has 2 rings (SSSR count). The predicted octanol–water partition coefficient (Wildman–Crippen LogP) is 3.89. The van der Waals surface area contributed by atoms with Gasteiger partial charge in [0.2, 0.25) is 5.78 Å². The summed E-state index contributed by atoms with van der Waals surface area (Å²) in [5.74, 6) is -0.134. The highest BCUT2D eigenvalue weighted by Gasteiger charge is 2.20. The molecule has 1 atom stereocenters. The van der Waals surface area contributed by atoms with Crippen molar-refractivity contribution in [2.45, 2.75) is 13.0 Å². The van der Waals surface area contributed by atoms with Gasteiger partial charge in [-0.25, -0.2) is 4.79 Å². The van der Waals surface area contributed by atoms with E-state index in [-0.39, 0.29) is 5.78 Å². The van der Waals surface area contributed by atoms with Gasteiger partial charge >= 0.3 is 5.97 Å². The minimum absolute atomic E-state index is 0.241. The van der Waals surface area contributed by atoms with Crippen molar-refractivity contribution in [2.24, 2.45) is 0 Å². The largest absolute Gasteiger partial charge is 0.497 e. The molecule has 0 aliphatic rings. The third-order valence-corrected chi connectivity index (χ3v) is 3.64. The van der Waals surface area contributed by atoms with E-state index in [1.54, 1.807) is 62.6 Å². The number of rotatable bonds is 5. The molecule has 0 unspecified atom stereocenters. The molecule has 0 aliphatic carbocycles. The van der Waals surface area contributed by atoms with Gasteiger partial charge in [-0.1, -0.05) is 28.1 Å². The molecule has 0 aromatic heterocycles. The Balaban J connectivity index is 2.03. The molecule has 114 valence electrons. The molecule has 0 aliphatic heterocycles. The third kappa shape index (κ3) is 3.95. The predicted molar refractivity (Wildman–Crippen MR) is 86.3 cm³/mol. The van der Waals surface area contributed by atoms with E-state index in [0.717, 1.165) is 4.47 Å². The number of carbonyl (C=O) groups is 2. The van der Waals surface area contributed by atoms with Crippen LogP contribution in [0.1, 0.15) is 27.6 Å². The highest BCUT2D eigenvalue weighted by Crippen LogP contribution is 2.15. The number of ether oxygens (including phenoxy) is 2. The van der Waals surface area contributed by atoms with Crippen LogP contribution in [0.25, 0.3) is 0 Å².